The first-order valence-corrected chi connectivity index (χ1v) is 10.4. The summed E-state index contributed by atoms with van der Waals surface area (Å²) in [5, 5.41) is 13.3. The van der Waals surface area contributed by atoms with Crippen LogP contribution in [0.3, 0.4) is 0 Å². The highest BCUT2D eigenvalue weighted by Gasteiger charge is 2.21. The summed E-state index contributed by atoms with van der Waals surface area (Å²) in [4.78, 5) is 7.23. The van der Waals surface area contributed by atoms with Crippen LogP contribution in [0.1, 0.15) is 18.5 Å². The smallest absolute Gasteiger partial charge is 0.167 e. The fraction of sp³-hybridized carbons (Fsp3) is 0.368. The van der Waals surface area contributed by atoms with Gasteiger partial charge in [-0.25, -0.2) is 4.98 Å². The van der Waals surface area contributed by atoms with Gasteiger partial charge in [-0.15, -0.1) is 0 Å². The van der Waals surface area contributed by atoms with Crippen LogP contribution in [0.2, 0.25) is 0 Å². The van der Waals surface area contributed by atoms with E-state index in [0.29, 0.717) is 0 Å². The first-order valence-electron chi connectivity index (χ1n) is 9.65. The molecule has 29 heavy (non-hydrogen) atoms. The molecule has 1 aliphatic rings. The summed E-state index contributed by atoms with van der Waals surface area (Å²) in [7, 11) is 1.91. The molecule has 5 rings (SSSR count). The number of aromatic nitrogens is 6. The number of nitrogens with one attached hydrogen (secondary N) is 1. The summed E-state index contributed by atoms with van der Waals surface area (Å²) >= 11 is 1.43. The predicted molar refractivity (Wildman–Crippen MR) is 115 cm³/mol. The second-order valence-corrected chi connectivity index (χ2v) is 8.31. The van der Waals surface area contributed by atoms with E-state index >= 15 is 0 Å². The molecule has 0 amide bonds. The molecule has 0 bridgehead atoms. The van der Waals surface area contributed by atoms with E-state index in [1.807, 2.05) is 49.2 Å². The van der Waals surface area contributed by atoms with Gasteiger partial charge in [0.25, 0.3) is 0 Å². The number of nitrogens with zero attached hydrogens (tertiary/aromatic N) is 7. The number of fused-ring (bicyclic) bond motifs is 1. The Bertz CT molecular complexity index is 1160. The monoisotopic (exact) mass is 409 g/mol. The van der Waals surface area contributed by atoms with Gasteiger partial charge in [0.1, 0.15) is 16.6 Å². The standard InChI is InChI=1S/C19H23N9S/c1-12-6-18(29-25-12)23-17-7-16(27-5-3-4-14(20)11-27)24-19-15(9-22-28(17)19)13-8-21-26(2)10-13/h6-10,14,23H,3-5,11,20H2,1-2H3. The lowest BCUT2D eigenvalue weighted by Crippen LogP contribution is -2.43. The van der Waals surface area contributed by atoms with E-state index in [1.165, 1.54) is 11.5 Å². The highest BCUT2D eigenvalue weighted by atomic mass is 32.1. The number of nitrogens with two attached hydrogens (primary N) is 1. The number of piperidine rings is 1. The molecule has 3 N–H and O–H groups in total. The molecule has 0 radical (unpaired) electrons. The van der Waals surface area contributed by atoms with Crippen molar-refractivity contribution in [3.05, 3.63) is 36.4 Å². The third-order valence-electron chi connectivity index (χ3n) is 5.14. The van der Waals surface area contributed by atoms with Crippen molar-refractivity contribution in [2.75, 3.05) is 23.3 Å². The lowest BCUT2D eigenvalue weighted by atomic mass is 10.1. The second-order valence-electron chi connectivity index (χ2n) is 7.50. The normalized spacial score (nSPS) is 17.2. The van der Waals surface area contributed by atoms with Gasteiger partial charge in [0, 0.05) is 49.6 Å². The van der Waals surface area contributed by atoms with Crippen LogP contribution in [-0.2, 0) is 7.05 Å². The van der Waals surface area contributed by atoms with Crippen molar-refractivity contribution in [1.82, 2.24) is 28.8 Å². The average molecular weight is 410 g/mol. The molecule has 1 saturated heterocycles. The Kier molecular flexibility index (Phi) is 4.44. The van der Waals surface area contributed by atoms with Crippen molar-refractivity contribution in [3.8, 4) is 11.1 Å². The van der Waals surface area contributed by atoms with E-state index in [0.717, 1.165) is 65.0 Å². The van der Waals surface area contributed by atoms with E-state index < -0.39 is 0 Å². The SMILES string of the molecule is Cc1cc(Nc2cc(N3CCCC(N)C3)nc3c(-c4cnn(C)c4)cnn23)sn1. The Balaban J connectivity index is 1.64. The Morgan fingerprint density at radius 1 is 1.24 bits per heavy atom. The van der Waals surface area contributed by atoms with Crippen LogP contribution >= 0.6 is 11.5 Å². The molecule has 0 saturated carbocycles. The van der Waals surface area contributed by atoms with Crippen molar-refractivity contribution in [2.24, 2.45) is 12.8 Å². The van der Waals surface area contributed by atoms with Gasteiger partial charge < -0.3 is 16.0 Å². The minimum atomic E-state index is 0.171. The summed E-state index contributed by atoms with van der Waals surface area (Å²) in [6.45, 7) is 3.74. The fourth-order valence-electron chi connectivity index (χ4n) is 3.73. The van der Waals surface area contributed by atoms with E-state index in [4.69, 9.17) is 10.7 Å². The molecular weight excluding hydrogens is 386 g/mol. The maximum Gasteiger partial charge on any atom is 0.167 e. The summed E-state index contributed by atoms with van der Waals surface area (Å²) in [5.74, 6) is 1.75. The number of hydrogen-bond acceptors (Lipinski definition) is 8. The second kappa shape index (κ2) is 7.12. The van der Waals surface area contributed by atoms with Gasteiger partial charge in [-0.2, -0.15) is 19.1 Å². The van der Waals surface area contributed by atoms with Crippen LogP contribution in [0.15, 0.2) is 30.7 Å². The van der Waals surface area contributed by atoms with E-state index in [-0.39, 0.29) is 6.04 Å². The molecule has 0 aromatic carbocycles. The molecule has 1 aliphatic heterocycles. The quantitative estimate of drug-likeness (QED) is 0.534. The van der Waals surface area contributed by atoms with Crippen LogP contribution in [-0.4, -0.2) is 47.9 Å². The lowest BCUT2D eigenvalue weighted by Gasteiger charge is -2.32. The third-order valence-corrected chi connectivity index (χ3v) is 5.93. The molecule has 9 nitrogen and oxygen atoms in total. The molecule has 0 aliphatic carbocycles. The van der Waals surface area contributed by atoms with Gasteiger partial charge in [0.15, 0.2) is 5.65 Å². The highest BCUT2D eigenvalue weighted by Crippen LogP contribution is 2.31. The Hall–Kier alpha value is -2.98. The zero-order chi connectivity index (χ0) is 20.0. The minimum Gasteiger partial charge on any atom is -0.355 e. The van der Waals surface area contributed by atoms with Crippen LogP contribution in [0.4, 0.5) is 16.6 Å². The van der Waals surface area contributed by atoms with E-state index in [2.05, 4.69) is 24.8 Å². The van der Waals surface area contributed by atoms with E-state index in [9.17, 15) is 0 Å². The first kappa shape index (κ1) is 18.1. The van der Waals surface area contributed by atoms with Gasteiger partial charge in [0.2, 0.25) is 0 Å². The summed E-state index contributed by atoms with van der Waals surface area (Å²) in [6.07, 6.45) is 7.77. The lowest BCUT2D eigenvalue weighted by molar-refractivity contribution is 0.503. The summed E-state index contributed by atoms with van der Waals surface area (Å²) in [6, 6.07) is 4.24. The summed E-state index contributed by atoms with van der Waals surface area (Å²) < 4.78 is 7.99. The van der Waals surface area contributed by atoms with Gasteiger partial charge >= 0.3 is 0 Å². The largest absolute Gasteiger partial charge is 0.355 e. The molecular formula is C19H23N9S. The molecule has 4 aromatic rings. The van der Waals surface area contributed by atoms with Crippen LogP contribution < -0.4 is 16.0 Å². The first-order chi connectivity index (χ1) is 14.1. The topological polar surface area (TPSA) is 102 Å². The molecule has 5 heterocycles. The van der Waals surface area contributed by atoms with Crippen LogP contribution in [0.5, 0.6) is 0 Å². The number of aryl methyl sites for hydroxylation is 2. The third kappa shape index (κ3) is 3.45. The average Bonchev–Trinajstić information content (AvgIpc) is 3.41. The fourth-order valence-corrected chi connectivity index (χ4v) is 4.40. The number of rotatable bonds is 4. The van der Waals surface area contributed by atoms with Gasteiger partial charge in [-0.05, 0) is 37.4 Å². The number of anilines is 3. The Labute approximate surface area is 172 Å². The Morgan fingerprint density at radius 2 is 2.14 bits per heavy atom. The molecule has 1 unspecified atom stereocenters. The van der Waals surface area contributed by atoms with Crippen molar-refractivity contribution in [2.45, 2.75) is 25.8 Å². The van der Waals surface area contributed by atoms with Crippen molar-refractivity contribution < 1.29 is 0 Å². The molecule has 1 fully saturated rings. The molecule has 150 valence electrons. The molecule has 4 aromatic heterocycles. The maximum absolute atomic E-state index is 6.22. The van der Waals surface area contributed by atoms with Crippen LogP contribution in [0.25, 0.3) is 16.8 Å². The van der Waals surface area contributed by atoms with Crippen molar-refractivity contribution in [1.29, 1.82) is 0 Å². The van der Waals surface area contributed by atoms with Gasteiger partial charge in [-0.3, -0.25) is 4.68 Å². The predicted octanol–water partition coefficient (Wildman–Crippen LogP) is 2.57. The highest BCUT2D eigenvalue weighted by molar-refractivity contribution is 7.10. The maximum atomic E-state index is 6.22. The summed E-state index contributed by atoms with van der Waals surface area (Å²) in [5.41, 5.74) is 9.94. The number of hydrogen-bond donors (Lipinski definition) is 2. The zero-order valence-electron chi connectivity index (χ0n) is 16.4. The molecule has 1 atom stereocenters. The minimum absolute atomic E-state index is 0.171. The molecule has 0 spiro atoms. The Morgan fingerprint density at radius 3 is 2.86 bits per heavy atom. The van der Waals surface area contributed by atoms with Crippen molar-refractivity contribution >= 4 is 33.8 Å². The molecule has 10 heteroatoms. The van der Waals surface area contributed by atoms with Crippen LogP contribution in [0, 0.1) is 6.92 Å². The van der Waals surface area contributed by atoms with Crippen molar-refractivity contribution in [3.63, 3.8) is 0 Å². The van der Waals surface area contributed by atoms with Gasteiger partial charge in [0.05, 0.1) is 18.1 Å². The van der Waals surface area contributed by atoms with Gasteiger partial charge in [-0.1, -0.05) is 0 Å². The van der Waals surface area contributed by atoms with E-state index in [1.54, 1.807) is 4.68 Å². The zero-order valence-corrected chi connectivity index (χ0v) is 17.2.